The number of ether oxygens (including phenoxy) is 3. The van der Waals surface area contributed by atoms with Gasteiger partial charge in [-0.3, -0.25) is 4.79 Å². The summed E-state index contributed by atoms with van der Waals surface area (Å²) < 4.78 is 15.8. The fourth-order valence-corrected chi connectivity index (χ4v) is 1.84. The van der Waals surface area contributed by atoms with Gasteiger partial charge < -0.3 is 14.2 Å². The van der Waals surface area contributed by atoms with Gasteiger partial charge in [0.15, 0.2) is 11.5 Å². The molecule has 1 aromatic rings. The highest BCUT2D eigenvalue weighted by atomic mass is 79.9. The van der Waals surface area contributed by atoms with Gasteiger partial charge in [-0.2, -0.15) is 0 Å². The molecule has 0 bridgehead atoms. The maximum Gasteiger partial charge on any atom is 0.298 e. The molecule has 0 atom stereocenters. The quantitative estimate of drug-likeness (QED) is 0.791. The molecule has 0 radical (unpaired) electrons. The molecule has 0 aliphatic carbocycles. The first-order valence-corrected chi connectivity index (χ1v) is 4.96. The van der Waals surface area contributed by atoms with Gasteiger partial charge in [0.2, 0.25) is 0 Å². The van der Waals surface area contributed by atoms with Crippen LogP contribution in [0.1, 0.15) is 5.56 Å². The van der Waals surface area contributed by atoms with Crippen LogP contribution in [0.3, 0.4) is 0 Å². The van der Waals surface area contributed by atoms with Crippen LogP contribution in [0.5, 0.6) is 17.2 Å². The largest absolute Gasteiger partial charge is 0.492 e. The van der Waals surface area contributed by atoms with E-state index < -0.39 is 0 Å². The van der Waals surface area contributed by atoms with Crippen LogP contribution in [-0.4, -0.2) is 20.7 Å². The molecule has 0 spiro atoms. The van der Waals surface area contributed by atoms with Gasteiger partial charge in [0, 0.05) is 5.56 Å². The Balaban J connectivity index is 3.36. The fraction of sp³-hybridized carbons (Fsp3) is 0.300. The number of methoxy groups -OCH3 is 2. The molecule has 0 fully saturated rings. The number of halogens is 1. The summed E-state index contributed by atoms with van der Waals surface area (Å²) in [6.07, 6.45) is 0. The Morgan fingerprint density at radius 1 is 1.27 bits per heavy atom. The van der Waals surface area contributed by atoms with Crippen molar-refractivity contribution < 1.29 is 19.0 Å². The Hall–Kier alpha value is -1.23. The van der Waals surface area contributed by atoms with E-state index in [1.807, 2.05) is 0 Å². The van der Waals surface area contributed by atoms with Gasteiger partial charge in [0.1, 0.15) is 5.75 Å². The van der Waals surface area contributed by atoms with E-state index in [-0.39, 0.29) is 0 Å². The van der Waals surface area contributed by atoms with Crippen LogP contribution in [0.2, 0.25) is 0 Å². The molecule has 0 aliphatic heterocycles. The predicted octanol–water partition coefficient (Wildman–Crippen LogP) is 2.31. The summed E-state index contributed by atoms with van der Waals surface area (Å²) >= 11 is 3.30. The highest BCUT2D eigenvalue weighted by molar-refractivity contribution is 9.10. The molecule has 1 rings (SSSR count). The average Bonchev–Trinajstić information content (AvgIpc) is 2.22. The number of carbonyl (C=O) groups is 1. The first kappa shape index (κ1) is 11.8. The van der Waals surface area contributed by atoms with Gasteiger partial charge in [0.25, 0.3) is 6.47 Å². The van der Waals surface area contributed by atoms with Crippen molar-refractivity contribution in [3.05, 3.63) is 16.1 Å². The second-order valence-electron chi connectivity index (χ2n) is 2.76. The highest BCUT2D eigenvalue weighted by Crippen LogP contribution is 2.42. The van der Waals surface area contributed by atoms with E-state index in [0.717, 1.165) is 0 Å². The highest BCUT2D eigenvalue weighted by Gasteiger charge is 2.16. The topological polar surface area (TPSA) is 44.8 Å². The molecule has 0 aliphatic rings. The van der Waals surface area contributed by atoms with Crippen molar-refractivity contribution >= 4 is 22.4 Å². The molecule has 0 N–H and O–H groups in total. The van der Waals surface area contributed by atoms with Crippen molar-refractivity contribution in [2.45, 2.75) is 6.92 Å². The SMILES string of the molecule is COc1c(Br)cc(OC=O)c(C)c1OC. The molecule has 0 unspecified atom stereocenters. The van der Waals surface area contributed by atoms with Gasteiger partial charge >= 0.3 is 0 Å². The molecule has 0 amide bonds. The Morgan fingerprint density at radius 3 is 2.33 bits per heavy atom. The van der Waals surface area contributed by atoms with Crippen molar-refractivity contribution in [1.82, 2.24) is 0 Å². The zero-order valence-corrected chi connectivity index (χ0v) is 10.3. The third-order valence-corrected chi connectivity index (χ3v) is 2.56. The zero-order chi connectivity index (χ0) is 11.4. The summed E-state index contributed by atoms with van der Waals surface area (Å²) in [4.78, 5) is 10.3. The molecular formula is C10H11BrO4. The lowest BCUT2D eigenvalue weighted by Crippen LogP contribution is -1.98. The van der Waals surface area contributed by atoms with Crippen molar-refractivity contribution in [3.8, 4) is 17.2 Å². The van der Waals surface area contributed by atoms with E-state index in [2.05, 4.69) is 15.9 Å². The molecule has 0 aromatic heterocycles. The number of hydrogen-bond acceptors (Lipinski definition) is 4. The maximum atomic E-state index is 10.3. The minimum atomic E-state index is 0.376. The lowest BCUT2D eigenvalue weighted by molar-refractivity contribution is -0.120. The first-order valence-electron chi connectivity index (χ1n) is 4.17. The minimum Gasteiger partial charge on any atom is -0.492 e. The lowest BCUT2D eigenvalue weighted by Gasteiger charge is -2.14. The minimum absolute atomic E-state index is 0.376. The second kappa shape index (κ2) is 5.02. The van der Waals surface area contributed by atoms with Crippen LogP contribution in [0.15, 0.2) is 10.5 Å². The number of rotatable bonds is 4. The molecule has 0 saturated carbocycles. The molecule has 0 heterocycles. The van der Waals surface area contributed by atoms with Crippen molar-refractivity contribution in [3.63, 3.8) is 0 Å². The first-order chi connectivity index (χ1) is 7.15. The van der Waals surface area contributed by atoms with Crippen LogP contribution in [0.25, 0.3) is 0 Å². The molecule has 15 heavy (non-hydrogen) atoms. The molecule has 0 saturated heterocycles. The molecule has 82 valence electrons. The van der Waals surface area contributed by atoms with Gasteiger partial charge in [-0.25, -0.2) is 0 Å². The Bertz CT molecular complexity index is 376. The Labute approximate surface area is 96.3 Å². The van der Waals surface area contributed by atoms with Crippen LogP contribution >= 0.6 is 15.9 Å². The van der Waals surface area contributed by atoms with Gasteiger partial charge in [-0.1, -0.05) is 0 Å². The number of hydrogen-bond donors (Lipinski definition) is 0. The van der Waals surface area contributed by atoms with Gasteiger partial charge in [-0.15, -0.1) is 0 Å². The molecule has 1 aromatic carbocycles. The van der Waals surface area contributed by atoms with Gasteiger partial charge in [-0.05, 0) is 28.9 Å². The summed E-state index contributed by atoms with van der Waals surface area (Å²) in [5, 5.41) is 0. The standard InChI is InChI=1S/C10H11BrO4/c1-6-8(15-5-12)4-7(11)10(14-3)9(6)13-2/h4-5H,1-3H3. The fourth-order valence-electron chi connectivity index (χ4n) is 1.29. The number of benzene rings is 1. The summed E-state index contributed by atoms with van der Waals surface area (Å²) in [7, 11) is 3.07. The second-order valence-corrected chi connectivity index (χ2v) is 3.62. The zero-order valence-electron chi connectivity index (χ0n) is 8.67. The monoisotopic (exact) mass is 274 g/mol. The maximum absolute atomic E-state index is 10.3. The van der Waals surface area contributed by atoms with Crippen LogP contribution in [0.4, 0.5) is 0 Å². The van der Waals surface area contributed by atoms with E-state index in [1.165, 1.54) is 7.11 Å². The predicted molar refractivity (Wildman–Crippen MR) is 58.7 cm³/mol. The van der Waals surface area contributed by atoms with E-state index in [0.29, 0.717) is 33.8 Å². The van der Waals surface area contributed by atoms with E-state index in [9.17, 15) is 4.79 Å². The smallest absolute Gasteiger partial charge is 0.298 e. The van der Waals surface area contributed by atoms with Crippen LogP contribution in [-0.2, 0) is 4.79 Å². The summed E-state index contributed by atoms with van der Waals surface area (Å²) in [6, 6.07) is 1.66. The molecule has 4 nitrogen and oxygen atoms in total. The summed E-state index contributed by atoms with van der Waals surface area (Å²) in [6.45, 7) is 2.16. The third-order valence-electron chi connectivity index (χ3n) is 1.97. The summed E-state index contributed by atoms with van der Waals surface area (Å²) in [5.41, 5.74) is 0.713. The Morgan fingerprint density at radius 2 is 1.87 bits per heavy atom. The van der Waals surface area contributed by atoms with E-state index in [1.54, 1.807) is 20.1 Å². The van der Waals surface area contributed by atoms with Crippen molar-refractivity contribution in [2.24, 2.45) is 0 Å². The normalized spacial score (nSPS) is 9.60. The van der Waals surface area contributed by atoms with E-state index in [4.69, 9.17) is 14.2 Å². The van der Waals surface area contributed by atoms with Crippen LogP contribution in [0, 0.1) is 6.92 Å². The Kier molecular flexibility index (Phi) is 3.96. The lowest BCUT2D eigenvalue weighted by atomic mass is 10.2. The van der Waals surface area contributed by atoms with E-state index >= 15 is 0 Å². The van der Waals surface area contributed by atoms with Crippen LogP contribution < -0.4 is 14.2 Å². The number of carbonyl (C=O) groups excluding carboxylic acids is 1. The molecular weight excluding hydrogens is 264 g/mol. The summed E-state index contributed by atoms with van der Waals surface area (Å²) in [5.74, 6) is 1.56. The average molecular weight is 275 g/mol. The van der Waals surface area contributed by atoms with Crippen molar-refractivity contribution in [1.29, 1.82) is 0 Å². The molecule has 5 heteroatoms. The van der Waals surface area contributed by atoms with Gasteiger partial charge in [0.05, 0.1) is 18.7 Å². The third kappa shape index (κ3) is 2.23. The van der Waals surface area contributed by atoms with Crippen molar-refractivity contribution in [2.75, 3.05) is 14.2 Å².